The Morgan fingerprint density at radius 2 is 0.782 bits per heavy atom. The first-order chi connectivity index (χ1) is 26.9. The molecule has 0 atom stereocenters. The number of ether oxygens (including phenoxy) is 2. The molecule has 9 rings (SSSR count). The molecule has 0 aliphatic heterocycles. The summed E-state index contributed by atoms with van der Waals surface area (Å²) in [7, 11) is 0. The molecule has 1 aliphatic carbocycles. The van der Waals surface area contributed by atoms with Gasteiger partial charge in [0.2, 0.25) is 0 Å². The van der Waals surface area contributed by atoms with Crippen LogP contribution in [0.1, 0.15) is 33.4 Å². The minimum absolute atomic E-state index is 0.665. The molecule has 0 saturated carbocycles. The van der Waals surface area contributed by atoms with Gasteiger partial charge in [-0.2, -0.15) is 0 Å². The molecule has 4 nitrogen and oxygen atoms in total. The fourth-order valence-corrected chi connectivity index (χ4v) is 8.34. The zero-order valence-electron chi connectivity index (χ0n) is 30.8. The summed E-state index contributed by atoms with van der Waals surface area (Å²) in [6, 6.07) is 63.5. The van der Waals surface area contributed by atoms with Crippen molar-refractivity contribution in [3.05, 3.63) is 215 Å². The molecule has 55 heavy (non-hydrogen) atoms. The molecule has 0 spiro atoms. The zero-order valence-corrected chi connectivity index (χ0v) is 30.8. The number of nitrogens with two attached hydrogens (primary N) is 2. The number of nitrogen functional groups attached to an aromatic ring is 2. The summed E-state index contributed by atoms with van der Waals surface area (Å²) in [5.41, 5.74) is 26.5. The van der Waals surface area contributed by atoms with Crippen LogP contribution in [-0.2, 0) is 5.41 Å². The smallest absolute Gasteiger partial charge is 0.135 e. The van der Waals surface area contributed by atoms with Crippen LogP contribution in [0.15, 0.2) is 182 Å². The first kappa shape index (κ1) is 33.8. The molecule has 0 unspecified atom stereocenters. The lowest BCUT2D eigenvalue weighted by atomic mass is 9.67. The Morgan fingerprint density at radius 1 is 0.382 bits per heavy atom. The van der Waals surface area contributed by atoms with Crippen LogP contribution < -0.4 is 20.9 Å². The van der Waals surface area contributed by atoms with E-state index < -0.39 is 5.41 Å². The van der Waals surface area contributed by atoms with Gasteiger partial charge in [-0.3, -0.25) is 0 Å². The highest BCUT2D eigenvalue weighted by atomic mass is 16.5. The number of hydrogen-bond donors (Lipinski definition) is 2. The Kier molecular flexibility index (Phi) is 8.44. The highest BCUT2D eigenvalue weighted by Crippen LogP contribution is 2.57. The Hall–Kier alpha value is -7.04. The molecule has 0 amide bonds. The van der Waals surface area contributed by atoms with E-state index in [4.69, 9.17) is 20.9 Å². The van der Waals surface area contributed by atoms with Crippen LogP contribution in [0.2, 0.25) is 0 Å². The summed E-state index contributed by atoms with van der Waals surface area (Å²) >= 11 is 0. The maximum atomic E-state index is 6.68. The van der Waals surface area contributed by atoms with E-state index in [0.717, 1.165) is 56.0 Å². The maximum absolute atomic E-state index is 6.68. The van der Waals surface area contributed by atoms with E-state index in [-0.39, 0.29) is 0 Å². The van der Waals surface area contributed by atoms with Crippen LogP contribution in [0.3, 0.4) is 0 Å². The van der Waals surface area contributed by atoms with Gasteiger partial charge < -0.3 is 20.9 Å². The Bertz CT molecular complexity index is 2470. The van der Waals surface area contributed by atoms with Crippen LogP contribution >= 0.6 is 0 Å². The molecule has 0 bridgehead atoms. The second-order valence-corrected chi connectivity index (χ2v) is 14.4. The molecule has 0 fully saturated rings. The highest BCUT2D eigenvalue weighted by Gasteiger charge is 2.46. The lowest BCUT2D eigenvalue weighted by molar-refractivity contribution is 0.483. The fourth-order valence-electron chi connectivity index (χ4n) is 8.34. The third-order valence-electron chi connectivity index (χ3n) is 10.5. The lowest BCUT2D eigenvalue weighted by Gasteiger charge is -2.35. The van der Waals surface area contributed by atoms with Crippen molar-refractivity contribution in [2.75, 3.05) is 11.5 Å². The molecule has 266 valence electrons. The summed E-state index contributed by atoms with van der Waals surface area (Å²) in [5, 5.41) is 0. The number of rotatable bonds is 8. The summed E-state index contributed by atoms with van der Waals surface area (Å²) in [4.78, 5) is 0. The molecule has 0 heterocycles. The zero-order chi connectivity index (χ0) is 37.5. The third-order valence-corrected chi connectivity index (χ3v) is 10.5. The van der Waals surface area contributed by atoms with Gasteiger partial charge in [0.15, 0.2) is 0 Å². The fraction of sp³-hybridized carbons (Fsp3) is 0.0588. The van der Waals surface area contributed by atoms with E-state index in [2.05, 4.69) is 133 Å². The topological polar surface area (TPSA) is 70.5 Å². The number of aryl methyl sites for hydroxylation is 2. The lowest BCUT2D eigenvalue weighted by Crippen LogP contribution is -2.28. The van der Waals surface area contributed by atoms with Gasteiger partial charge >= 0.3 is 0 Å². The molecule has 4 heteroatoms. The largest absolute Gasteiger partial charge is 0.457 e. The van der Waals surface area contributed by atoms with Crippen molar-refractivity contribution in [2.45, 2.75) is 19.3 Å². The first-order valence-electron chi connectivity index (χ1n) is 18.6. The van der Waals surface area contributed by atoms with Crippen LogP contribution in [0.25, 0.3) is 33.4 Å². The van der Waals surface area contributed by atoms with Crippen LogP contribution in [0.5, 0.6) is 23.0 Å². The Morgan fingerprint density at radius 3 is 1.20 bits per heavy atom. The van der Waals surface area contributed by atoms with Crippen molar-refractivity contribution in [3.8, 4) is 56.4 Å². The molecule has 8 aromatic rings. The minimum atomic E-state index is -0.682. The standard InChI is InChI=1S/C51H40N2O2/c1-33-25-39(52)31-41(27-33)54-49-23-21-37(29-45(49)35-13-5-3-6-14-35)51(47-19-11-9-17-43(47)44-18-10-12-20-48(44)51)38-22-24-50(46(30-38)36-15-7-4-8-16-36)55-42-28-34(2)26-40(53)32-42/h3-32H,52-53H2,1-2H3. The average Bonchev–Trinajstić information content (AvgIpc) is 3.49. The average molecular weight is 713 g/mol. The minimum Gasteiger partial charge on any atom is -0.457 e. The predicted octanol–water partition coefficient (Wildman–Crippen LogP) is 12.7. The van der Waals surface area contributed by atoms with Crippen molar-refractivity contribution in [1.29, 1.82) is 0 Å². The van der Waals surface area contributed by atoms with Gasteiger partial charge in [-0.05, 0) is 118 Å². The second-order valence-electron chi connectivity index (χ2n) is 14.4. The van der Waals surface area contributed by atoms with Gasteiger partial charge in [0.1, 0.15) is 23.0 Å². The summed E-state index contributed by atoms with van der Waals surface area (Å²) < 4.78 is 13.4. The van der Waals surface area contributed by atoms with E-state index in [1.807, 2.05) is 62.4 Å². The molecule has 0 saturated heterocycles. The van der Waals surface area contributed by atoms with E-state index in [1.54, 1.807) is 0 Å². The number of benzene rings is 8. The van der Waals surface area contributed by atoms with Gasteiger partial charge in [-0.15, -0.1) is 0 Å². The van der Waals surface area contributed by atoms with Crippen molar-refractivity contribution in [1.82, 2.24) is 0 Å². The normalized spacial score (nSPS) is 12.5. The van der Waals surface area contributed by atoms with E-state index in [0.29, 0.717) is 22.9 Å². The summed E-state index contributed by atoms with van der Waals surface area (Å²) in [5.74, 6) is 2.90. The van der Waals surface area contributed by atoms with Gasteiger partial charge in [-0.25, -0.2) is 0 Å². The SMILES string of the molecule is Cc1cc(N)cc(Oc2ccc(C3(c4ccc(Oc5cc(C)cc(N)c5)c(-c5ccccc5)c4)c4ccccc4-c4ccccc43)cc2-c2ccccc2)c1. The van der Waals surface area contributed by atoms with Gasteiger partial charge in [0.05, 0.1) is 5.41 Å². The van der Waals surface area contributed by atoms with Gasteiger partial charge in [0.25, 0.3) is 0 Å². The molecule has 8 aromatic carbocycles. The van der Waals surface area contributed by atoms with Crippen molar-refractivity contribution >= 4 is 11.4 Å². The van der Waals surface area contributed by atoms with Gasteiger partial charge in [0, 0.05) is 34.6 Å². The number of anilines is 2. The highest BCUT2D eigenvalue weighted by molar-refractivity contribution is 5.88. The number of hydrogen-bond acceptors (Lipinski definition) is 4. The number of fused-ring (bicyclic) bond motifs is 3. The van der Waals surface area contributed by atoms with E-state index in [1.165, 1.54) is 22.3 Å². The Balaban J connectivity index is 1.31. The van der Waals surface area contributed by atoms with E-state index >= 15 is 0 Å². The van der Waals surface area contributed by atoms with E-state index in [9.17, 15) is 0 Å². The second kappa shape index (κ2) is 13.7. The summed E-state index contributed by atoms with van der Waals surface area (Å²) in [6.07, 6.45) is 0. The molecule has 1 aliphatic rings. The monoisotopic (exact) mass is 712 g/mol. The Labute approximate surface area is 322 Å². The van der Waals surface area contributed by atoms with Crippen molar-refractivity contribution in [3.63, 3.8) is 0 Å². The van der Waals surface area contributed by atoms with Crippen LogP contribution in [0, 0.1) is 13.8 Å². The van der Waals surface area contributed by atoms with Gasteiger partial charge in [-0.1, -0.05) is 121 Å². The molecule has 4 N–H and O–H groups in total. The first-order valence-corrected chi connectivity index (χ1v) is 18.6. The molecule has 0 radical (unpaired) electrons. The molecular formula is C51H40N2O2. The van der Waals surface area contributed by atoms with Crippen LogP contribution in [-0.4, -0.2) is 0 Å². The molecule has 0 aromatic heterocycles. The van der Waals surface area contributed by atoms with Crippen molar-refractivity contribution < 1.29 is 9.47 Å². The molecular weight excluding hydrogens is 673 g/mol. The maximum Gasteiger partial charge on any atom is 0.135 e. The third kappa shape index (κ3) is 6.08. The quantitative estimate of drug-likeness (QED) is 0.154. The summed E-state index contributed by atoms with van der Waals surface area (Å²) in [6.45, 7) is 4.05. The predicted molar refractivity (Wildman–Crippen MR) is 226 cm³/mol. The van der Waals surface area contributed by atoms with Crippen LogP contribution in [0.4, 0.5) is 11.4 Å². The van der Waals surface area contributed by atoms with Crippen molar-refractivity contribution in [2.24, 2.45) is 0 Å².